The number of hydrogen-bond donors (Lipinski definition) is 1. The molecule has 19 heavy (non-hydrogen) atoms. The third-order valence-corrected chi connectivity index (χ3v) is 3.10. The maximum Gasteiger partial charge on any atom is 0.122 e. The molecule has 1 aromatic heterocycles. The molecule has 2 rings (SSSR count). The lowest BCUT2D eigenvalue weighted by Gasteiger charge is -2.12. The highest BCUT2D eigenvalue weighted by Crippen LogP contribution is 2.21. The molecule has 102 valence electrons. The molecule has 0 bridgehead atoms. The molecule has 1 aromatic carbocycles. The summed E-state index contributed by atoms with van der Waals surface area (Å²) < 4.78 is 7.85. The van der Waals surface area contributed by atoms with Gasteiger partial charge in [0.2, 0.25) is 0 Å². The second kappa shape index (κ2) is 6.38. The van der Waals surface area contributed by atoms with Gasteiger partial charge in [0.25, 0.3) is 0 Å². The third kappa shape index (κ3) is 3.83. The molecule has 0 amide bonds. The van der Waals surface area contributed by atoms with E-state index in [2.05, 4.69) is 22.5 Å². The number of aromatic nitrogens is 2. The number of nitrogens with zero attached hydrogens (tertiary/aromatic N) is 2. The Bertz CT molecular complexity index is 506. The van der Waals surface area contributed by atoms with Crippen LogP contribution in [0.25, 0.3) is 0 Å². The third-order valence-electron chi connectivity index (χ3n) is 3.10. The molecule has 0 saturated carbocycles. The minimum atomic E-state index is 0.0639. The van der Waals surface area contributed by atoms with Crippen molar-refractivity contribution in [2.24, 2.45) is 5.73 Å². The van der Waals surface area contributed by atoms with Crippen molar-refractivity contribution in [3.05, 3.63) is 48.0 Å². The van der Waals surface area contributed by atoms with Gasteiger partial charge in [0.05, 0.1) is 12.9 Å². The first-order valence-corrected chi connectivity index (χ1v) is 6.61. The fraction of sp³-hybridized carbons (Fsp3) is 0.400. The van der Waals surface area contributed by atoms with Crippen LogP contribution in [-0.2, 0) is 6.54 Å². The van der Waals surface area contributed by atoms with Gasteiger partial charge < -0.3 is 15.0 Å². The van der Waals surface area contributed by atoms with Gasteiger partial charge >= 0.3 is 0 Å². The van der Waals surface area contributed by atoms with Crippen molar-refractivity contribution in [3.8, 4) is 5.75 Å². The number of hydrogen-bond acceptors (Lipinski definition) is 3. The first-order chi connectivity index (χ1) is 9.16. The summed E-state index contributed by atoms with van der Waals surface area (Å²) >= 11 is 0. The molecule has 1 heterocycles. The van der Waals surface area contributed by atoms with E-state index in [-0.39, 0.29) is 6.04 Å². The van der Waals surface area contributed by atoms with Crippen LogP contribution in [0.5, 0.6) is 5.75 Å². The van der Waals surface area contributed by atoms with Crippen LogP contribution in [0.15, 0.2) is 36.9 Å². The summed E-state index contributed by atoms with van der Waals surface area (Å²) in [5.74, 6) is 0.940. The van der Waals surface area contributed by atoms with Crippen LogP contribution >= 0.6 is 0 Å². The zero-order valence-corrected chi connectivity index (χ0v) is 11.5. The number of rotatable bonds is 6. The van der Waals surface area contributed by atoms with Crippen molar-refractivity contribution < 1.29 is 4.74 Å². The van der Waals surface area contributed by atoms with Crippen LogP contribution in [0.2, 0.25) is 0 Å². The molecule has 2 N–H and O–H groups in total. The van der Waals surface area contributed by atoms with Crippen LogP contribution < -0.4 is 10.5 Å². The van der Waals surface area contributed by atoms with E-state index in [4.69, 9.17) is 10.5 Å². The predicted molar refractivity (Wildman–Crippen MR) is 76.1 cm³/mol. The average molecular weight is 259 g/mol. The van der Waals surface area contributed by atoms with Crippen LogP contribution in [0, 0.1) is 6.92 Å². The molecule has 4 nitrogen and oxygen atoms in total. The van der Waals surface area contributed by atoms with Gasteiger partial charge in [0.1, 0.15) is 5.75 Å². The van der Waals surface area contributed by atoms with Gasteiger partial charge in [-0.3, -0.25) is 0 Å². The van der Waals surface area contributed by atoms with Gasteiger partial charge in [-0.15, -0.1) is 0 Å². The second-order valence-corrected chi connectivity index (χ2v) is 4.82. The summed E-state index contributed by atoms with van der Waals surface area (Å²) in [5.41, 5.74) is 8.14. The smallest absolute Gasteiger partial charge is 0.122 e. The Kier molecular flexibility index (Phi) is 4.58. The Morgan fingerprint density at radius 2 is 2.26 bits per heavy atom. The van der Waals surface area contributed by atoms with Gasteiger partial charge in [-0.05, 0) is 37.5 Å². The molecule has 0 fully saturated rings. The summed E-state index contributed by atoms with van der Waals surface area (Å²) in [6.45, 7) is 5.67. The largest absolute Gasteiger partial charge is 0.493 e. The van der Waals surface area contributed by atoms with E-state index in [0.717, 1.165) is 29.8 Å². The zero-order valence-electron chi connectivity index (χ0n) is 11.5. The lowest BCUT2D eigenvalue weighted by Crippen LogP contribution is -2.07. The predicted octanol–water partition coefficient (Wildman–Crippen LogP) is 2.68. The summed E-state index contributed by atoms with van der Waals surface area (Å²) in [6.07, 6.45) is 6.54. The number of aryl methyl sites for hydroxylation is 2. The number of imidazole rings is 1. The molecule has 0 aliphatic rings. The average Bonchev–Trinajstić information content (AvgIpc) is 2.89. The SMILES string of the molecule is Cc1cc([C@H](C)N)ccc1OCCCn1ccnc1. The molecule has 1 atom stereocenters. The fourth-order valence-electron chi connectivity index (χ4n) is 1.97. The molecule has 0 radical (unpaired) electrons. The van der Waals surface area contributed by atoms with E-state index < -0.39 is 0 Å². The highest BCUT2D eigenvalue weighted by molar-refractivity contribution is 5.37. The lowest BCUT2D eigenvalue weighted by atomic mass is 10.1. The standard InChI is InChI=1S/C15H21N3O/c1-12-10-14(13(2)16)4-5-15(12)19-9-3-7-18-8-6-17-11-18/h4-6,8,10-11,13H,3,7,9,16H2,1-2H3/t13-/m0/s1. The quantitative estimate of drug-likeness (QED) is 0.811. The summed E-state index contributed by atoms with van der Waals surface area (Å²) in [7, 11) is 0. The first-order valence-electron chi connectivity index (χ1n) is 6.61. The van der Waals surface area contributed by atoms with E-state index in [1.807, 2.05) is 31.6 Å². The highest BCUT2D eigenvalue weighted by atomic mass is 16.5. The van der Waals surface area contributed by atoms with Gasteiger partial charge in [-0.1, -0.05) is 12.1 Å². The molecule has 0 saturated heterocycles. The van der Waals surface area contributed by atoms with E-state index in [1.165, 1.54) is 0 Å². The number of nitrogens with two attached hydrogens (primary N) is 1. The normalized spacial score (nSPS) is 12.4. The Balaban J connectivity index is 1.82. The van der Waals surface area contributed by atoms with E-state index in [9.17, 15) is 0 Å². The molecule has 0 aliphatic heterocycles. The van der Waals surface area contributed by atoms with Crippen molar-refractivity contribution in [1.29, 1.82) is 0 Å². The Labute approximate surface area is 114 Å². The molecule has 0 unspecified atom stereocenters. The first kappa shape index (κ1) is 13.6. The number of ether oxygens (including phenoxy) is 1. The van der Waals surface area contributed by atoms with Gasteiger partial charge in [0.15, 0.2) is 0 Å². The Morgan fingerprint density at radius 1 is 1.42 bits per heavy atom. The molecule has 0 spiro atoms. The molecular weight excluding hydrogens is 238 g/mol. The second-order valence-electron chi connectivity index (χ2n) is 4.82. The van der Waals surface area contributed by atoms with Crippen molar-refractivity contribution >= 4 is 0 Å². The van der Waals surface area contributed by atoms with Crippen LogP contribution in [0.3, 0.4) is 0 Å². The lowest BCUT2D eigenvalue weighted by molar-refractivity contribution is 0.300. The van der Waals surface area contributed by atoms with E-state index in [0.29, 0.717) is 6.61 Å². The molecular formula is C15H21N3O. The maximum absolute atomic E-state index is 5.86. The van der Waals surface area contributed by atoms with Gasteiger partial charge in [-0.25, -0.2) is 4.98 Å². The van der Waals surface area contributed by atoms with E-state index >= 15 is 0 Å². The summed E-state index contributed by atoms with van der Waals surface area (Å²) in [6, 6.07) is 6.19. The minimum absolute atomic E-state index is 0.0639. The van der Waals surface area contributed by atoms with Crippen LogP contribution in [-0.4, -0.2) is 16.2 Å². The molecule has 4 heteroatoms. The van der Waals surface area contributed by atoms with Crippen LogP contribution in [0.4, 0.5) is 0 Å². The van der Waals surface area contributed by atoms with Crippen molar-refractivity contribution in [2.75, 3.05) is 6.61 Å². The summed E-state index contributed by atoms with van der Waals surface area (Å²) in [5, 5.41) is 0. The zero-order chi connectivity index (χ0) is 13.7. The molecule has 0 aliphatic carbocycles. The van der Waals surface area contributed by atoms with Crippen molar-refractivity contribution in [3.63, 3.8) is 0 Å². The van der Waals surface area contributed by atoms with Gasteiger partial charge in [-0.2, -0.15) is 0 Å². The summed E-state index contributed by atoms with van der Waals surface area (Å²) in [4.78, 5) is 4.01. The monoisotopic (exact) mass is 259 g/mol. The fourth-order valence-corrected chi connectivity index (χ4v) is 1.97. The number of benzene rings is 1. The Hall–Kier alpha value is -1.81. The van der Waals surface area contributed by atoms with Crippen molar-refractivity contribution in [1.82, 2.24) is 9.55 Å². The van der Waals surface area contributed by atoms with Crippen molar-refractivity contribution in [2.45, 2.75) is 32.9 Å². The Morgan fingerprint density at radius 3 is 2.89 bits per heavy atom. The topological polar surface area (TPSA) is 53.1 Å². The van der Waals surface area contributed by atoms with Gasteiger partial charge in [0, 0.05) is 25.0 Å². The van der Waals surface area contributed by atoms with Crippen LogP contribution in [0.1, 0.15) is 30.5 Å². The maximum atomic E-state index is 5.86. The van der Waals surface area contributed by atoms with E-state index in [1.54, 1.807) is 6.20 Å². The minimum Gasteiger partial charge on any atom is -0.493 e. The molecule has 2 aromatic rings. The highest BCUT2D eigenvalue weighted by Gasteiger charge is 2.04.